The molecule has 0 spiro atoms. The Labute approximate surface area is 323 Å². The van der Waals surface area contributed by atoms with Crippen LogP contribution in [0.3, 0.4) is 0 Å². The van der Waals surface area contributed by atoms with Crippen molar-refractivity contribution in [2.45, 2.75) is 100 Å². The fourth-order valence-electron chi connectivity index (χ4n) is 8.29. The van der Waals surface area contributed by atoms with E-state index in [4.69, 9.17) is 9.47 Å². The minimum Gasteiger partial charge on any atom is -0.490 e. The third kappa shape index (κ3) is 8.03. The van der Waals surface area contributed by atoms with Gasteiger partial charge in [-0.2, -0.15) is 31.6 Å². The van der Waals surface area contributed by atoms with E-state index >= 15 is 4.79 Å². The molecule has 17 heteroatoms. The molecule has 3 aliphatic rings. The number of nitriles is 1. The summed E-state index contributed by atoms with van der Waals surface area (Å²) in [6.45, 7) is 1.68. The molecule has 1 aliphatic carbocycles. The van der Waals surface area contributed by atoms with Crippen molar-refractivity contribution in [3.8, 4) is 17.6 Å². The molecule has 3 aromatic rings. The molecule has 56 heavy (non-hydrogen) atoms. The van der Waals surface area contributed by atoms with Gasteiger partial charge in [0.25, 0.3) is 11.8 Å². The number of hydrogen-bond acceptors (Lipinski definition) is 8. The molecule has 4 atom stereocenters. The highest BCUT2D eigenvalue weighted by atomic mass is 32.1. The zero-order valence-corrected chi connectivity index (χ0v) is 31.2. The first-order valence-corrected chi connectivity index (χ1v) is 19.3. The molecule has 2 aliphatic heterocycles. The lowest BCUT2D eigenvalue weighted by atomic mass is 9.72. The summed E-state index contributed by atoms with van der Waals surface area (Å²) in [5, 5.41) is 21.2. The second-order valence-corrected chi connectivity index (χ2v) is 15.4. The number of carboxylic acid groups (broad SMARTS) is 1. The first kappa shape index (κ1) is 40.8. The highest BCUT2D eigenvalue weighted by Crippen LogP contribution is 2.45. The summed E-state index contributed by atoms with van der Waals surface area (Å²) in [5.41, 5.74) is -4.69. The smallest absolute Gasteiger partial charge is 0.425 e. The molecule has 1 aromatic carbocycles. The van der Waals surface area contributed by atoms with Gasteiger partial charge in [0.1, 0.15) is 22.1 Å². The molecule has 4 heterocycles. The van der Waals surface area contributed by atoms with Crippen LogP contribution in [0.1, 0.15) is 91.2 Å². The fourth-order valence-corrected chi connectivity index (χ4v) is 8.97. The highest BCUT2D eigenvalue weighted by molar-refractivity contribution is 7.10. The molecule has 6 rings (SSSR count). The van der Waals surface area contributed by atoms with Crippen LogP contribution in [0.25, 0.3) is 0 Å². The Balaban J connectivity index is 1.33. The molecule has 0 radical (unpaired) electrons. The molecule has 10 nitrogen and oxygen atoms in total. The Morgan fingerprint density at radius 3 is 2.38 bits per heavy atom. The topological polar surface area (TPSA) is 133 Å². The fraction of sp³-hybridized carbons (Fsp3) is 0.513. The first-order chi connectivity index (χ1) is 26.5. The van der Waals surface area contributed by atoms with Crippen molar-refractivity contribution in [2.75, 3.05) is 19.6 Å². The summed E-state index contributed by atoms with van der Waals surface area (Å²) in [4.78, 5) is 46.0. The normalized spacial score (nSPS) is 24.0. The maximum absolute atomic E-state index is 15.0. The molecular formula is C39H40F6N4O6S. The zero-order chi connectivity index (χ0) is 40.5. The Bertz CT molecular complexity index is 1970. The number of hydrogen-bond donors (Lipinski definition) is 1. The number of carbonyl (C=O) groups excluding carboxylic acids is 2. The van der Waals surface area contributed by atoms with Crippen LogP contribution in [-0.4, -0.2) is 75.1 Å². The molecule has 2 amide bonds. The van der Waals surface area contributed by atoms with Crippen molar-refractivity contribution in [3.63, 3.8) is 0 Å². The van der Waals surface area contributed by atoms with Crippen LogP contribution in [-0.2, 0) is 27.4 Å². The number of pyridine rings is 1. The van der Waals surface area contributed by atoms with Gasteiger partial charge in [-0.15, -0.1) is 11.3 Å². The molecule has 1 N–H and O–H groups in total. The number of alkyl halides is 6. The number of benzene rings is 1. The molecule has 0 bridgehead atoms. The van der Waals surface area contributed by atoms with Crippen LogP contribution in [0.5, 0.6) is 11.5 Å². The predicted molar refractivity (Wildman–Crippen MR) is 190 cm³/mol. The maximum Gasteiger partial charge on any atom is 0.425 e. The number of rotatable bonds is 10. The van der Waals surface area contributed by atoms with E-state index in [1.807, 2.05) is 0 Å². The van der Waals surface area contributed by atoms with Crippen molar-refractivity contribution in [3.05, 3.63) is 75.7 Å². The number of aliphatic carboxylic acids is 1. The number of para-hydroxylation sites is 1. The standard InChI is InChI=1S/C39H40F6N4O6S/c1-2-7-30-37(55-26-21-31(56-22-26)39(43,44)45,13-6-17-49(30)33(50)32-28(38(40,41)42)9-5-16-47-32)35(53)48-18-14-36(23-46,15-19-48)27-8-3-4-10-29(27)54-25-12-11-24(20-25)34(51)52/h3-5,8-10,16,21-22,24-25,30H,2,6-7,11-15,17-20H2,1H3,(H,51,52). The minimum atomic E-state index is -4.92. The molecule has 3 fully saturated rings. The van der Waals surface area contributed by atoms with Gasteiger partial charge in [0, 0.05) is 49.3 Å². The number of thiophene rings is 1. The van der Waals surface area contributed by atoms with Crippen LogP contribution in [0.15, 0.2) is 54.0 Å². The summed E-state index contributed by atoms with van der Waals surface area (Å²) in [6.07, 6.45) is -6.98. The third-order valence-corrected chi connectivity index (χ3v) is 12.0. The second-order valence-electron chi connectivity index (χ2n) is 14.5. The Kier molecular flexibility index (Phi) is 11.6. The van der Waals surface area contributed by atoms with Crippen LogP contribution in [0.4, 0.5) is 26.3 Å². The van der Waals surface area contributed by atoms with E-state index in [2.05, 4.69) is 11.1 Å². The van der Waals surface area contributed by atoms with E-state index in [0.717, 1.165) is 34.7 Å². The van der Waals surface area contributed by atoms with E-state index in [-0.39, 0.29) is 63.6 Å². The van der Waals surface area contributed by atoms with Crippen molar-refractivity contribution in [2.24, 2.45) is 5.92 Å². The van der Waals surface area contributed by atoms with E-state index in [9.17, 15) is 46.3 Å². The van der Waals surface area contributed by atoms with E-state index in [1.54, 1.807) is 31.2 Å². The Hall–Kier alpha value is -4.85. The summed E-state index contributed by atoms with van der Waals surface area (Å²) < 4.78 is 96.0. The van der Waals surface area contributed by atoms with Crippen LogP contribution in [0.2, 0.25) is 0 Å². The maximum atomic E-state index is 15.0. The van der Waals surface area contributed by atoms with Gasteiger partial charge in [0.05, 0.1) is 35.1 Å². The minimum absolute atomic E-state index is 0.000946. The van der Waals surface area contributed by atoms with E-state index in [0.29, 0.717) is 48.3 Å². The van der Waals surface area contributed by atoms with Crippen LogP contribution < -0.4 is 9.47 Å². The van der Waals surface area contributed by atoms with Crippen LogP contribution >= 0.6 is 11.3 Å². The highest BCUT2D eigenvalue weighted by Gasteiger charge is 2.57. The molecule has 2 aromatic heterocycles. The molecule has 2 saturated heterocycles. The van der Waals surface area contributed by atoms with E-state index < -0.39 is 69.2 Å². The van der Waals surface area contributed by atoms with Gasteiger partial charge in [0.2, 0.25) is 5.60 Å². The van der Waals surface area contributed by atoms with Gasteiger partial charge >= 0.3 is 18.3 Å². The lowest BCUT2D eigenvalue weighted by molar-refractivity contribution is -0.160. The van der Waals surface area contributed by atoms with E-state index in [1.165, 1.54) is 4.90 Å². The number of ether oxygens (including phenoxy) is 2. The monoisotopic (exact) mass is 806 g/mol. The number of likely N-dealkylation sites (tertiary alicyclic amines) is 2. The third-order valence-electron chi connectivity index (χ3n) is 11.1. The SMILES string of the molecule is CCCC1N(C(=O)c2ncccc2C(F)(F)F)CCCC1(Oc1csc(C(F)(F)F)c1)C(=O)N1CCC(C#N)(c2ccccc2OC2CCC(C(=O)O)C2)CC1. The lowest BCUT2D eigenvalue weighted by Gasteiger charge is -2.51. The van der Waals surface area contributed by atoms with Gasteiger partial charge in [-0.25, -0.2) is 0 Å². The Morgan fingerprint density at radius 1 is 1.02 bits per heavy atom. The number of halogens is 6. The van der Waals surface area contributed by atoms with Gasteiger partial charge in [-0.05, 0) is 63.1 Å². The second kappa shape index (κ2) is 16.0. The van der Waals surface area contributed by atoms with Crippen LogP contribution in [0, 0.1) is 17.2 Å². The van der Waals surface area contributed by atoms with Crippen molar-refractivity contribution >= 4 is 29.1 Å². The average Bonchev–Trinajstić information content (AvgIpc) is 3.85. The quantitative estimate of drug-likeness (QED) is 0.203. The number of carbonyl (C=O) groups is 3. The zero-order valence-electron chi connectivity index (χ0n) is 30.4. The molecular weight excluding hydrogens is 767 g/mol. The van der Waals surface area contributed by atoms with Gasteiger partial charge in [0.15, 0.2) is 0 Å². The van der Waals surface area contributed by atoms with Gasteiger partial charge in [-0.3, -0.25) is 19.4 Å². The number of nitrogens with zero attached hydrogens (tertiary/aromatic N) is 4. The number of carboxylic acids is 1. The summed E-state index contributed by atoms with van der Waals surface area (Å²) in [5.74, 6) is -3.02. The number of amides is 2. The predicted octanol–water partition coefficient (Wildman–Crippen LogP) is 8.12. The summed E-state index contributed by atoms with van der Waals surface area (Å²) in [6, 6.07) is 10.7. The molecule has 4 unspecified atom stereocenters. The number of piperidine rings is 2. The summed E-state index contributed by atoms with van der Waals surface area (Å²) in [7, 11) is 0. The van der Waals surface area contributed by atoms with Crippen molar-refractivity contribution < 1.29 is 55.3 Å². The lowest BCUT2D eigenvalue weighted by Crippen LogP contribution is -2.68. The van der Waals surface area contributed by atoms with Crippen molar-refractivity contribution in [1.82, 2.24) is 14.8 Å². The summed E-state index contributed by atoms with van der Waals surface area (Å²) >= 11 is 0.361. The first-order valence-electron chi connectivity index (χ1n) is 18.4. The average molecular weight is 807 g/mol. The van der Waals surface area contributed by atoms with Gasteiger partial charge < -0.3 is 24.4 Å². The van der Waals surface area contributed by atoms with Gasteiger partial charge in [-0.1, -0.05) is 31.5 Å². The largest absolute Gasteiger partial charge is 0.490 e. The molecule has 300 valence electrons. The van der Waals surface area contributed by atoms with Crippen molar-refractivity contribution in [1.29, 1.82) is 5.26 Å². The molecule has 1 saturated carbocycles. The number of aromatic nitrogens is 1. The Morgan fingerprint density at radius 2 is 1.75 bits per heavy atom.